The van der Waals surface area contributed by atoms with Crippen molar-refractivity contribution in [2.24, 2.45) is 0 Å². The summed E-state index contributed by atoms with van der Waals surface area (Å²) < 4.78 is 0. The highest BCUT2D eigenvalue weighted by atomic mass is 79.9. The maximum Gasteiger partial charge on any atom is 0.269 e. The number of nitro benzene ring substituents is 1. The third-order valence-electron chi connectivity index (χ3n) is 2.10. The molecule has 2 aromatic rings. The molecule has 0 aliphatic carbocycles. The van der Waals surface area contributed by atoms with Gasteiger partial charge in [-0.05, 0) is 10.9 Å². The quantitative estimate of drug-likeness (QED) is 0.366. The highest BCUT2D eigenvalue weighted by molar-refractivity contribution is 9.08. The molecule has 0 saturated heterocycles. The lowest BCUT2D eigenvalue weighted by atomic mass is 10.2. The van der Waals surface area contributed by atoms with E-state index in [9.17, 15) is 10.1 Å². The number of non-ortho nitro benzene ring substituents is 1. The Hall–Kier alpha value is -1.25. The second-order valence-corrected chi connectivity index (χ2v) is 4.70. The molecule has 0 fully saturated rings. The first kappa shape index (κ1) is 14.8. The van der Waals surface area contributed by atoms with Crippen molar-refractivity contribution < 1.29 is 4.92 Å². The van der Waals surface area contributed by atoms with Crippen LogP contribution in [-0.4, -0.2) is 4.92 Å². The Morgan fingerprint density at radius 3 is 1.94 bits per heavy atom. The maximum atomic E-state index is 10.2. The van der Waals surface area contributed by atoms with Gasteiger partial charge in [0.05, 0.1) is 4.92 Å². The van der Waals surface area contributed by atoms with Gasteiger partial charge in [0.15, 0.2) is 0 Å². The second-order valence-electron chi connectivity index (χ2n) is 3.47. The standard InChI is InChI=1S/C7H6BrNO2.C6H7P/c8-5-6-1-3-7(4-2-6)9(10)11;7-6-4-2-1-3-5-6/h1-4H,5H2;1-5H,7H2. The van der Waals surface area contributed by atoms with Crippen LogP contribution in [0.2, 0.25) is 0 Å². The van der Waals surface area contributed by atoms with Crippen molar-refractivity contribution in [2.75, 3.05) is 0 Å². The van der Waals surface area contributed by atoms with E-state index >= 15 is 0 Å². The first-order valence-corrected chi connectivity index (χ1v) is 6.93. The van der Waals surface area contributed by atoms with Crippen LogP contribution in [0.15, 0.2) is 54.6 Å². The van der Waals surface area contributed by atoms with Crippen LogP contribution in [0.3, 0.4) is 0 Å². The monoisotopic (exact) mass is 325 g/mol. The molecule has 1 unspecified atom stereocenters. The van der Waals surface area contributed by atoms with Gasteiger partial charge in [-0.1, -0.05) is 58.4 Å². The Morgan fingerprint density at radius 1 is 1.06 bits per heavy atom. The molecule has 0 bridgehead atoms. The molecule has 18 heavy (non-hydrogen) atoms. The minimum absolute atomic E-state index is 0.134. The highest BCUT2D eigenvalue weighted by Crippen LogP contribution is 2.13. The predicted octanol–water partition coefficient (Wildman–Crippen LogP) is 3.68. The molecular formula is C13H13BrNO2P. The fraction of sp³-hybridized carbons (Fsp3) is 0.0769. The molecule has 0 radical (unpaired) electrons. The molecule has 94 valence electrons. The summed E-state index contributed by atoms with van der Waals surface area (Å²) in [6.07, 6.45) is 0. The van der Waals surface area contributed by atoms with Crippen LogP contribution in [0.1, 0.15) is 5.56 Å². The summed E-state index contributed by atoms with van der Waals surface area (Å²) in [6, 6.07) is 16.6. The lowest BCUT2D eigenvalue weighted by Gasteiger charge is -1.92. The van der Waals surface area contributed by atoms with Gasteiger partial charge in [-0.2, -0.15) is 0 Å². The minimum atomic E-state index is -0.405. The average Bonchev–Trinajstić information content (AvgIpc) is 2.40. The number of hydrogen-bond donors (Lipinski definition) is 0. The average molecular weight is 326 g/mol. The third kappa shape index (κ3) is 5.39. The van der Waals surface area contributed by atoms with Crippen molar-refractivity contribution in [1.29, 1.82) is 0 Å². The molecule has 0 saturated carbocycles. The van der Waals surface area contributed by atoms with Gasteiger partial charge in [0.2, 0.25) is 0 Å². The summed E-state index contributed by atoms with van der Waals surface area (Å²) in [5.41, 5.74) is 1.17. The molecule has 1 atom stereocenters. The van der Waals surface area contributed by atoms with Crippen molar-refractivity contribution in [1.82, 2.24) is 0 Å². The molecule has 3 nitrogen and oxygen atoms in total. The topological polar surface area (TPSA) is 43.1 Å². The smallest absolute Gasteiger partial charge is 0.258 e. The summed E-state index contributed by atoms with van der Waals surface area (Å²) >= 11 is 3.25. The molecule has 5 heteroatoms. The van der Waals surface area contributed by atoms with Gasteiger partial charge in [0.25, 0.3) is 5.69 Å². The first-order valence-electron chi connectivity index (χ1n) is 5.23. The van der Waals surface area contributed by atoms with Crippen molar-refractivity contribution in [2.45, 2.75) is 5.33 Å². The molecule has 0 heterocycles. The van der Waals surface area contributed by atoms with E-state index in [1.54, 1.807) is 12.1 Å². The third-order valence-corrected chi connectivity index (χ3v) is 3.13. The number of rotatable bonds is 2. The Balaban J connectivity index is 0.000000199. The number of nitro groups is 1. The van der Waals surface area contributed by atoms with Crippen molar-refractivity contribution in [3.63, 3.8) is 0 Å². The van der Waals surface area contributed by atoms with E-state index in [2.05, 4.69) is 25.2 Å². The van der Waals surface area contributed by atoms with Crippen LogP contribution in [0.5, 0.6) is 0 Å². The number of nitrogens with zero attached hydrogens (tertiary/aromatic N) is 1. The molecule has 0 aliphatic heterocycles. The fourth-order valence-electron chi connectivity index (χ4n) is 1.16. The fourth-order valence-corrected chi connectivity index (χ4v) is 1.76. The van der Waals surface area contributed by atoms with Gasteiger partial charge >= 0.3 is 0 Å². The molecule has 0 N–H and O–H groups in total. The van der Waals surface area contributed by atoms with Gasteiger partial charge < -0.3 is 0 Å². The molecule has 2 aromatic carbocycles. The normalized spacial score (nSPS) is 9.22. The van der Waals surface area contributed by atoms with E-state index in [4.69, 9.17) is 0 Å². The Morgan fingerprint density at radius 2 is 1.61 bits per heavy atom. The predicted molar refractivity (Wildman–Crippen MR) is 81.5 cm³/mol. The summed E-state index contributed by atoms with van der Waals surface area (Å²) in [7, 11) is 2.63. The van der Waals surface area contributed by atoms with E-state index in [0.29, 0.717) is 0 Å². The zero-order chi connectivity index (χ0) is 13.4. The van der Waals surface area contributed by atoms with Gasteiger partial charge in [-0.3, -0.25) is 10.1 Å². The van der Waals surface area contributed by atoms with Crippen LogP contribution in [0.25, 0.3) is 0 Å². The highest BCUT2D eigenvalue weighted by Gasteiger charge is 2.02. The van der Waals surface area contributed by atoms with Gasteiger partial charge in [0.1, 0.15) is 0 Å². The van der Waals surface area contributed by atoms with E-state index in [1.807, 2.05) is 30.3 Å². The molecular weight excluding hydrogens is 313 g/mol. The zero-order valence-corrected chi connectivity index (χ0v) is 12.4. The van der Waals surface area contributed by atoms with Crippen molar-refractivity contribution >= 4 is 36.2 Å². The van der Waals surface area contributed by atoms with Crippen LogP contribution in [0, 0.1) is 10.1 Å². The summed E-state index contributed by atoms with van der Waals surface area (Å²) in [5, 5.41) is 12.2. The second kappa shape index (κ2) is 7.96. The van der Waals surface area contributed by atoms with Crippen LogP contribution >= 0.6 is 25.2 Å². The van der Waals surface area contributed by atoms with Crippen LogP contribution in [0.4, 0.5) is 5.69 Å². The van der Waals surface area contributed by atoms with E-state index in [1.165, 1.54) is 17.4 Å². The zero-order valence-electron chi connectivity index (χ0n) is 9.62. The number of hydrogen-bond acceptors (Lipinski definition) is 2. The maximum absolute atomic E-state index is 10.2. The van der Waals surface area contributed by atoms with E-state index in [-0.39, 0.29) is 5.69 Å². The number of benzene rings is 2. The number of alkyl halides is 1. The molecule has 0 spiro atoms. The van der Waals surface area contributed by atoms with Gasteiger partial charge in [-0.15, -0.1) is 9.24 Å². The molecule has 0 aliphatic rings. The number of halogens is 1. The lowest BCUT2D eigenvalue weighted by molar-refractivity contribution is -0.384. The van der Waals surface area contributed by atoms with E-state index in [0.717, 1.165) is 10.9 Å². The van der Waals surface area contributed by atoms with Gasteiger partial charge in [0, 0.05) is 17.5 Å². The lowest BCUT2D eigenvalue weighted by Crippen LogP contribution is -1.87. The Labute approximate surface area is 117 Å². The Kier molecular flexibility index (Phi) is 6.55. The van der Waals surface area contributed by atoms with Gasteiger partial charge in [-0.25, -0.2) is 0 Å². The summed E-state index contributed by atoms with van der Waals surface area (Å²) in [6.45, 7) is 0. The van der Waals surface area contributed by atoms with Crippen molar-refractivity contribution in [3.05, 3.63) is 70.3 Å². The SMILES string of the molecule is O=[N+]([O-])c1ccc(CBr)cc1.Pc1ccccc1. The molecule has 0 aromatic heterocycles. The van der Waals surface area contributed by atoms with Crippen LogP contribution < -0.4 is 5.30 Å². The van der Waals surface area contributed by atoms with Crippen molar-refractivity contribution in [3.8, 4) is 0 Å². The first-order chi connectivity index (χ1) is 8.63. The Bertz CT molecular complexity index is 488. The van der Waals surface area contributed by atoms with E-state index < -0.39 is 4.92 Å². The largest absolute Gasteiger partial charge is 0.269 e. The molecule has 2 rings (SSSR count). The van der Waals surface area contributed by atoms with Crippen LogP contribution in [-0.2, 0) is 5.33 Å². The summed E-state index contributed by atoms with van der Waals surface area (Å²) in [4.78, 5) is 9.79. The molecule has 0 amide bonds. The summed E-state index contributed by atoms with van der Waals surface area (Å²) in [5.74, 6) is 0. The minimum Gasteiger partial charge on any atom is -0.258 e.